The van der Waals surface area contributed by atoms with Crippen LogP contribution >= 0.6 is 43.5 Å². The molecule has 0 saturated carbocycles. The number of nitrogens with zero attached hydrogens (tertiary/aromatic N) is 1. The standard InChI is InChI=1S/C16H14Br2ClN3O2/c1-24-12-4-2-10(3-5-12)8-21-22-15(23)9-20-16-13(17)6-11(19)7-14(16)18/h2-8,20H,9H2,1H3,(H,22,23)/b21-8+. The highest BCUT2D eigenvalue weighted by Gasteiger charge is 2.08. The summed E-state index contributed by atoms with van der Waals surface area (Å²) in [5.74, 6) is 0.494. The molecule has 0 saturated heterocycles. The Bertz CT molecular complexity index is 728. The molecular weight excluding hydrogens is 461 g/mol. The molecule has 0 aliphatic rings. The van der Waals surface area contributed by atoms with Crippen molar-refractivity contribution in [3.8, 4) is 5.75 Å². The van der Waals surface area contributed by atoms with Gasteiger partial charge in [0.15, 0.2) is 0 Å². The van der Waals surface area contributed by atoms with Gasteiger partial charge >= 0.3 is 0 Å². The number of hydrazone groups is 1. The fourth-order valence-corrected chi connectivity index (χ4v) is 3.74. The summed E-state index contributed by atoms with van der Waals surface area (Å²) in [6.07, 6.45) is 1.56. The van der Waals surface area contributed by atoms with Gasteiger partial charge in [-0.2, -0.15) is 5.10 Å². The van der Waals surface area contributed by atoms with E-state index in [1.54, 1.807) is 25.5 Å². The van der Waals surface area contributed by atoms with Gasteiger partial charge in [-0.1, -0.05) is 11.6 Å². The minimum Gasteiger partial charge on any atom is -0.497 e. The topological polar surface area (TPSA) is 62.7 Å². The summed E-state index contributed by atoms with van der Waals surface area (Å²) in [7, 11) is 1.60. The number of anilines is 1. The maximum atomic E-state index is 11.8. The number of nitrogens with one attached hydrogen (secondary N) is 2. The van der Waals surface area contributed by atoms with Crippen LogP contribution in [0.5, 0.6) is 5.75 Å². The van der Waals surface area contributed by atoms with Crippen LogP contribution in [0.4, 0.5) is 5.69 Å². The van der Waals surface area contributed by atoms with Gasteiger partial charge in [0.1, 0.15) is 5.75 Å². The van der Waals surface area contributed by atoms with Gasteiger partial charge in [0, 0.05) is 14.0 Å². The molecule has 24 heavy (non-hydrogen) atoms. The molecule has 0 unspecified atom stereocenters. The van der Waals surface area contributed by atoms with Crippen LogP contribution in [0.3, 0.4) is 0 Å². The minimum absolute atomic E-state index is 0.0682. The van der Waals surface area contributed by atoms with E-state index in [0.29, 0.717) is 5.02 Å². The second-order valence-electron chi connectivity index (χ2n) is 4.66. The summed E-state index contributed by atoms with van der Waals surface area (Å²) >= 11 is 12.7. The molecule has 2 N–H and O–H groups in total. The quantitative estimate of drug-likeness (QED) is 0.480. The van der Waals surface area contributed by atoms with Gasteiger partial charge in [-0.25, -0.2) is 5.43 Å². The molecule has 0 spiro atoms. The predicted octanol–water partition coefficient (Wildman–Crippen LogP) is 4.44. The summed E-state index contributed by atoms with van der Waals surface area (Å²) in [6.45, 7) is 0.0682. The molecule has 2 rings (SSSR count). The highest BCUT2D eigenvalue weighted by Crippen LogP contribution is 2.33. The van der Waals surface area contributed by atoms with E-state index in [2.05, 4.69) is 47.7 Å². The number of carbonyl (C=O) groups is 1. The average molecular weight is 476 g/mol. The molecule has 0 bridgehead atoms. The monoisotopic (exact) mass is 473 g/mol. The molecule has 5 nitrogen and oxygen atoms in total. The van der Waals surface area contributed by atoms with Crippen LogP contribution in [0, 0.1) is 0 Å². The second kappa shape index (κ2) is 9.05. The molecule has 0 radical (unpaired) electrons. The van der Waals surface area contributed by atoms with Crippen molar-refractivity contribution < 1.29 is 9.53 Å². The summed E-state index contributed by atoms with van der Waals surface area (Å²) in [6, 6.07) is 10.8. The van der Waals surface area contributed by atoms with Crippen molar-refractivity contribution in [2.45, 2.75) is 0 Å². The fourth-order valence-electron chi connectivity index (χ4n) is 1.79. The minimum atomic E-state index is -0.270. The van der Waals surface area contributed by atoms with Gasteiger partial charge in [-0.3, -0.25) is 4.79 Å². The number of amides is 1. The lowest BCUT2D eigenvalue weighted by molar-refractivity contribution is -0.119. The molecule has 2 aromatic carbocycles. The third-order valence-electron chi connectivity index (χ3n) is 2.95. The molecule has 0 aliphatic heterocycles. The van der Waals surface area contributed by atoms with Crippen molar-refractivity contribution >= 4 is 61.3 Å². The van der Waals surface area contributed by atoms with E-state index in [1.807, 2.05) is 24.3 Å². The predicted molar refractivity (Wildman–Crippen MR) is 104 cm³/mol. The van der Waals surface area contributed by atoms with Crippen LogP contribution in [0.1, 0.15) is 5.56 Å². The zero-order valence-electron chi connectivity index (χ0n) is 12.6. The van der Waals surface area contributed by atoms with E-state index in [4.69, 9.17) is 16.3 Å². The Labute approximate surface area is 161 Å². The third-order valence-corrected chi connectivity index (χ3v) is 4.42. The molecule has 8 heteroatoms. The maximum absolute atomic E-state index is 11.8. The van der Waals surface area contributed by atoms with Gasteiger partial charge in [0.05, 0.1) is 25.6 Å². The molecule has 0 aromatic heterocycles. The zero-order valence-corrected chi connectivity index (χ0v) is 16.6. The SMILES string of the molecule is COc1ccc(/C=N/NC(=O)CNc2c(Br)cc(Cl)cc2Br)cc1. The van der Waals surface area contributed by atoms with Crippen LogP contribution in [-0.4, -0.2) is 25.8 Å². The fraction of sp³-hybridized carbons (Fsp3) is 0.125. The van der Waals surface area contributed by atoms with E-state index in [9.17, 15) is 4.79 Å². The number of halogens is 3. The number of hydrogen-bond acceptors (Lipinski definition) is 4. The first-order valence-corrected chi connectivity index (χ1v) is 8.80. The maximum Gasteiger partial charge on any atom is 0.259 e. The number of hydrogen-bond donors (Lipinski definition) is 2. The van der Waals surface area contributed by atoms with Crippen molar-refractivity contribution in [3.05, 3.63) is 55.9 Å². The summed E-state index contributed by atoms with van der Waals surface area (Å²) in [5.41, 5.74) is 4.06. The van der Waals surface area contributed by atoms with E-state index in [-0.39, 0.29) is 12.5 Å². The van der Waals surface area contributed by atoms with Crippen molar-refractivity contribution in [2.24, 2.45) is 5.10 Å². The van der Waals surface area contributed by atoms with Crippen LogP contribution in [0.2, 0.25) is 5.02 Å². The lowest BCUT2D eigenvalue weighted by atomic mass is 10.2. The summed E-state index contributed by atoms with van der Waals surface area (Å²) < 4.78 is 6.60. The molecule has 0 atom stereocenters. The Hall–Kier alpha value is -1.57. The molecule has 126 valence electrons. The summed E-state index contributed by atoms with van der Waals surface area (Å²) in [5, 5.41) is 7.53. The van der Waals surface area contributed by atoms with Gasteiger partial charge in [0.25, 0.3) is 5.91 Å². The van der Waals surface area contributed by atoms with Crippen molar-refractivity contribution in [1.29, 1.82) is 0 Å². The number of benzene rings is 2. The number of ether oxygens (including phenoxy) is 1. The first-order valence-electron chi connectivity index (χ1n) is 6.84. The average Bonchev–Trinajstić information content (AvgIpc) is 2.54. The molecular formula is C16H14Br2ClN3O2. The Morgan fingerprint density at radius 2 is 1.88 bits per heavy atom. The van der Waals surface area contributed by atoms with Crippen LogP contribution < -0.4 is 15.5 Å². The third kappa shape index (κ3) is 5.51. The lowest BCUT2D eigenvalue weighted by Crippen LogP contribution is -2.26. The number of rotatable bonds is 6. The number of carbonyl (C=O) groups excluding carboxylic acids is 1. The van der Waals surface area contributed by atoms with Crippen molar-refractivity contribution in [2.75, 3.05) is 19.0 Å². The molecule has 0 fully saturated rings. The van der Waals surface area contributed by atoms with Crippen LogP contribution in [-0.2, 0) is 4.79 Å². The Kier molecular flexibility index (Phi) is 7.08. The van der Waals surface area contributed by atoms with Gasteiger partial charge in [0.2, 0.25) is 0 Å². The smallest absolute Gasteiger partial charge is 0.259 e. The summed E-state index contributed by atoms with van der Waals surface area (Å²) in [4.78, 5) is 11.8. The van der Waals surface area contributed by atoms with Crippen LogP contribution in [0.25, 0.3) is 0 Å². The van der Waals surface area contributed by atoms with Gasteiger partial charge in [-0.05, 0) is 73.8 Å². The Morgan fingerprint density at radius 1 is 1.25 bits per heavy atom. The number of methoxy groups -OCH3 is 1. The molecule has 2 aromatic rings. The highest BCUT2D eigenvalue weighted by atomic mass is 79.9. The molecule has 0 heterocycles. The van der Waals surface area contributed by atoms with Gasteiger partial charge < -0.3 is 10.1 Å². The van der Waals surface area contributed by atoms with Crippen molar-refractivity contribution in [3.63, 3.8) is 0 Å². The largest absolute Gasteiger partial charge is 0.497 e. The van der Waals surface area contributed by atoms with E-state index in [0.717, 1.165) is 25.9 Å². The molecule has 1 amide bonds. The Morgan fingerprint density at radius 3 is 2.46 bits per heavy atom. The first-order chi connectivity index (χ1) is 11.5. The van der Waals surface area contributed by atoms with E-state index >= 15 is 0 Å². The van der Waals surface area contributed by atoms with E-state index in [1.165, 1.54) is 0 Å². The normalized spacial score (nSPS) is 10.7. The van der Waals surface area contributed by atoms with Crippen LogP contribution in [0.15, 0.2) is 50.4 Å². The highest BCUT2D eigenvalue weighted by molar-refractivity contribution is 9.11. The van der Waals surface area contributed by atoms with Gasteiger partial charge in [-0.15, -0.1) is 0 Å². The molecule has 0 aliphatic carbocycles. The Balaban J connectivity index is 1.86. The second-order valence-corrected chi connectivity index (χ2v) is 6.81. The van der Waals surface area contributed by atoms with Crippen molar-refractivity contribution in [1.82, 2.24) is 5.43 Å². The lowest BCUT2D eigenvalue weighted by Gasteiger charge is -2.10. The first kappa shape index (κ1) is 18.8. The van der Waals surface area contributed by atoms with E-state index < -0.39 is 0 Å². The zero-order chi connectivity index (χ0) is 17.5.